The van der Waals surface area contributed by atoms with Crippen LogP contribution in [0.4, 0.5) is 0 Å². The maximum Gasteiger partial charge on any atom is 0.243 e. The molecule has 0 aromatic heterocycles. The third-order valence-corrected chi connectivity index (χ3v) is 7.89. The quantitative estimate of drug-likeness (QED) is 0.714. The zero-order valence-electron chi connectivity index (χ0n) is 17.3. The first kappa shape index (κ1) is 23.0. The molecule has 7 nitrogen and oxygen atoms in total. The Morgan fingerprint density at radius 1 is 1.10 bits per heavy atom. The Morgan fingerprint density at radius 3 is 2.50 bits per heavy atom. The summed E-state index contributed by atoms with van der Waals surface area (Å²) in [5, 5.41) is 3.49. The minimum atomic E-state index is -3.66. The van der Waals surface area contributed by atoms with E-state index in [2.05, 4.69) is 5.32 Å². The van der Waals surface area contributed by atoms with Crippen molar-refractivity contribution < 1.29 is 18.0 Å². The molecule has 0 saturated carbocycles. The summed E-state index contributed by atoms with van der Waals surface area (Å²) in [7, 11) is -3.66. The molecule has 2 amide bonds. The molecule has 30 heavy (non-hydrogen) atoms. The molecule has 2 unspecified atom stereocenters. The highest BCUT2D eigenvalue weighted by molar-refractivity contribution is 7.89. The van der Waals surface area contributed by atoms with Crippen LogP contribution in [0.15, 0.2) is 29.2 Å². The number of nitrogens with one attached hydrogen (secondary N) is 1. The highest BCUT2D eigenvalue weighted by Gasteiger charge is 2.36. The van der Waals surface area contributed by atoms with Crippen molar-refractivity contribution in [3.63, 3.8) is 0 Å². The number of hydrogen-bond acceptors (Lipinski definition) is 4. The monoisotopic (exact) mass is 455 g/mol. The first-order chi connectivity index (χ1) is 14.3. The molecule has 2 fully saturated rings. The van der Waals surface area contributed by atoms with Crippen LogP contribution in [-0.4, -0.2) is 61.7 Å². The predicted octanol–water partition coefficient (Wildman–Crippen LogP) is 2.65. The molecular formula is C21H30ClN3O4S. The molecule has 0 radical (unpaired) electrons. The smallest absolute Gasteiger partial charge is 0.243 e. The highest BCUT2D eigenvalue weighted by atomic mass is 35.5. The van der Waals surface area contributed by atoms with E-state index in [-0.39, 0.29) is 35.2 Å². The number of sulfonamides is 1. The Hall–Kier alpha value is -1.64. The molecule has 3 rings (SSSR count). The van der Waals surface area contributed by atoms with Crippen LogP contribution >= 0.6 is 11.6 Å². The molecule has 9 heteroatoms. The molecule has 2 heterocycles. The van der Waals surface area contributed by atoms with E-state index in [1.54, 1.807) is 17.0 Å². The molecule has 1 aromatic carbocycles. The van der Waals surface area contributed by atoms with Crippen molar-refractivity contribution >= 4 is 33.4 Å². The normalized spacial score (nSPS) is 23.2. The molecular weight excluding hydrogens is 426 g/mol. The summed E-state index contributed by atoms with van der Waals surface area (Å²) in [5.41, 5.74) is 0. The Kier molecular flexibility index (Phi) is 7.76. The zero-order valence-corrected chi connectivity index (χ0v) is 18.9. The molecule has 0 bridgehead atoms. The summed E-state index contributed by atoms with van der Waals surface area (Å²) >= 11 is 5.87. The summed E-state index contributed by atoms with van der Waals surface area (Å²) in [6.45, 7) is 3.70. The van der Waals surface area contributed by atoms with E-state index < -0.39 is 10.0 Å². The summed E-state index contributed by atoms with van der Waals surface area (Å²) < 4.78 is 27.4. The Labute approximate surface area is 183 Å². The lowest BCUT2D eigenvalue weighted by atomic mass is 9.96. The highest BCUT2D eigenvalue weighted by Crippen LogP contribution is 2.26. The van der Waals surface area contributed by atoms with Gasteiger partial charge in [0, 0.05) is 43.7 Å². The van der Waals surface area contributed by atoms with Gasteiger partial charge in [0.25, 0.3) is 0 Å². The van der Waals surface area contributed by atoms with Gasteiger partial charge < -0.3 is 10.2 Å². The van der Waals surface area contributed by atoms with Crippen molar-refractivity contribution in [2.45, 2.75) is 56.4 Å². The van der Waals surface area contributed by atoms with Gasteiger partial charge in [-0.3, -0.25) is 9.59 Å². The van der Waals surface area contributed by atoms with Crippen molar-refractivity contribution in [3.05, 3.63) is 29.3 Å². The zero-order chi connectivity index (χ0) is 21.7. The number of likely N-dealkylation sites (tertiary alicyclic amines) is 1. The predicted molar refractivity (Wildman–Crippen MR) is 116 cm³/mol. The molecule has 2 saturated heterocycles. The van der Waals surface area contributed by atoms with Crippen molar-refractivity contribution in [1.29, 1.82) is 0 Å². The second kappa shape index (κ2) is 10.1. The lowest BCUT2D eigenvalue weighted by Gasteiger charge is -2.38. The van der Waals surface area contributed by atoms with Crippen LogP contribution in [0.2, 0.25) is 5.02 Å². The van der Waals surface area contributed by atoms with Gasteiger partial charge in [0.15, 0.2) is 0 Å². The average Bonchev–Trinajstić information content (AvgIpc) is 2.74. The minimum absolute atomic E-state index is 0.0135. The van der Waals surface area contributed by atoms with E-state index in [4.69, 9.17) is 11.6 Å². The van der Waals surface area contributed by atoms with Crippen LogP contribution in [0.25, 0.3) is 0 Å². The molecule has 1 aromatic rings. The number of hydrogen-bond donors (Lipinski definition) is 1. The first-order valence-electron chi connectivity index (χ1n) is 10.6. The number of carbonyl (C=O) groups is 2. The van der Waals surface area contributed by atoms with Crippen LogP contribution in [0, 0.1) is 5.92 Å². The molecule has 0 aliphatic carbocycles. The summed E-state index contributed by atoms with van der Waals surface area (Å²) in [6, 6.07) is 6.08. The summed E-state index contributed by atoms with van der Waals surface area (Å²) in [5.74, 6) is -0.346. The second-order valence-electron chi connectivity index (χ2n) is 8.10. The number of carbonyl (C=O) groups excluding carboxylic acids is 2. The maximum absolute atomic E-state index is 13.1. The van der Waals surface area contributed by atoms with Gasteiger partial charge >= 0.3 is 0 Å². The Balaban J connectivity index is 1.63. The van der Waals surface area contributed by atoms with Gasteiger partial charge in [-0.2, -0.15) is 4.31 Å². The number of piperidine rings is 2. The topological polar surface area (TPSA) is 86.8 Å². The van der Waals surface area contributed by atoms with Crippen molar-refractivity contribution in [2.75, 3.05) is 26.2 Å². The molecule has 2 aliphatic rings. The van der Waals surface area contributed by atoms with E-state index in [9.17, 15) is 18.0 Å². The SMILES string of the molecule is CCCC(=O)NC1CCCN(C(=O)C2CCCN(S(=O)(=O)c3ccc(Cl)cc3)C2)C1. The van der Waals surface area contributed by atoms with Gasteiger partial charge in [0.05, 0.1) is 10.8 Å². The van der Waals surface area contributed by atoms with E-state index in [1.165, 1.54) is 16.4 Å². The first-order valence-corrected chi connectivity index (χ1v) is 12.5. The van der Waals surface area contributed by atoms with Crippen molar-refractivity contribution in [2.24, 2.45) is 5.92 Å². The number of rotatable bonds is 6. The fraction of sp³-hybridized carbons (Fsp3) is 0.619. The van der Waals surface area contributed by atoms with Crippen LogP contribution in [0.3, 0.4) is 0 Å². The summed E-state index contributed by atoms with van der Waals surface area (Å²) in [6.07, 6.45) is 4.30. The van der Waals surface area contributed by atoms with Gasteiger partial charge in [0.2, 0.25) is 21.8 Å². The fourth-order valence-electron chi connectivity index (χ4n) is 4.20. The van der Waals surface area contributed by atoms with Crippen LogP contribution < -0.4 is 5.32 Å². The number of nitrogens with zero attached hydrogens (tertiary/aromatic N) is 2. The lowest BCUT2D eigenvalue weighted by Crippen LogP contribution is -2.53. The van der Waals surface area contributed by atoms with Gasteiger partial charge in [0.1, 0.15) is 0 Å². The second-order valence-corrected chi connectivity index (χ2v) is 10.5. The molecule has 1 N–H and O–H groups in total. The number of halogens is 1. The fourth-order valence-corrected chi connectivity index (χ4v) is 5.85. The van der Waals surface area contributed by atoms with E-state index >= 15 is 0 Å². The average molecular weight is 456 g/mol. The standard InChI is InChI=1S/C21H30ClN3O4S/c1-2-5-20(26)23-18-7-4-12-24(15-18)21(27)16-6-3-13-25(14-16)30(28,29)19-10-8-17(22)9-11-19/h8-11,16,18H,2-7,12-15H2,1H3,(H,23,26). The number of amides is 2. The Bertz CT molecular complexity index is 860. The van der Waals surface area contributed by atoms with Gasteiger partial charge in [-0.05, 0) is 56.4 Å². The van der Waals surface area contributed by atoms with Crippen LogP contribution in [0.5, 0.6) is 0 Å². The van der Waals surface area contributed by atoms with Crippen molar-refractivity contribution in [3.8, 4) is 0 Å². The Morgan fingerprint density at radius 2 is 1.80 bits per heavy atom. The van der Waals surface area contributed by atoms with Crippen molar-refractivity contribution in [1.82, 2.24) is 14.5 Å². The van der Waals surface area contributed by atoms with E-state index in [0.29, 0.717) is 43.9 Å². The molecule has 166 valence electrons. The maximum atomic E-state index is 13.1. The van der Waals surface area contributed by atoms with Crippen LogP contribution in [0.1, 0.15) is 45.4 Å². The molecule has 2 aliphatic heterocycles. The van der Waals surface area contributed by atoms with Crippen LogP contribution in [-0.2, 0) is 19.6 Å². The van der Waals surface area contributed by atoms with Gasteiger partial charge in [-0.1, -0.05) is 18.5 Å². The van der Waals surface area contributed by atoms with E-state index in [0.717, 1.165) is 19.3 Å². The largest absolute Gasteiger partial charge is 0.352 e. The summed E-state index contributed by atoms with van der Waals surface area (Å²) in [4.78, 5) is 27.0. The minimum Gasteiger partial charge on any atom is -0.352 e. The lowest BCUT2D eigenvalue weighted by molar-refractivity contribution is -0.138. The van der Waals surface area contributed by atoms with Gasteiger partial charge in [-0.15, -0.1) is 0 Å². The van der Waals surface area contributed by atoms with Gasteiger partial charge in [-0.25, -0.2) is 8.42 Å². The number of benzene rings is 1. The molecule has 0 spiro atoms. The third-order valence-electron chi connectivity index (χ3n) is 5.76. The third kappa shape index (κ3) is 5.53. The van der Waals surface area contributed by atoms with E-state index in [1.807, 2.05) is 6.92 Å². The molecule has 2 atom stereocenters.